The van der Waals surface area contributed by atoms with Gasteiger partial charge in [-0.25, -0.2) is 0 Å². The standard InChI is InChI=1S/C18H19ClN2O2/c1-12-7-9-14(10-8-12)11-20-18(23)15-5-3-4-6-16(15)21-17(22)13(2)19/h3-10,13H,11H2,1-2H3,(H,20,23)(H,21,22)/t13-/m1/s1. The van der Waals surface area contributed by atoms with Gasteiger partial charge in [0.15, 0.2) is 0 Å². The molecule has 0 saturated heterocycles. The lowest BCUT2D eigenvalue weighted by Gasteiger charge is -2.12. The normalized spacial score (nSPS) is 11.6. The number of carbonyl (C=O) groups excluding carboxylic acids is 2. The second kappa shape index (κ2) is 7.79. The smallest absolute Gasteiger partial charge is 0.253 e. The molecule has 2 aromatic carbocycles. The van der Waals surface area contributed by atoms with Crippen LogP contribution in [0.4, 0.5) is 5.69 Å². The monoisotopic (exact) mass is 330 g/mol. The van der Waals surface area contributed by atoms with E-state index in [0.717, 1.165) is 5.56 Å². The lowest BCUT2D eigenvalue weighted by molar-refractivity contribution is -0.115. The fraction of sp³-hybridized carbons (Fsp3) is 0.222. The zero-order valence-corrected chi connectivity index (χ0v) is 13.9. The lowest BCUT2D eigenvalue weighted by Crippen LogP contribution is -2.26. The fourth-order valence-corrected chi connectivity index (χ4v) is 2.06. The number of halogens is 1. The minimum Gasteiger partial charge on any atom is -0.348 e. The number of hydrogen-bond acceptors (Lipinski definition) is 2. The van der Waals surface area contributed by atoms with Crippen molar-refractivity contribution in [2.24, 2.45) is 0 Å². The summed E-state index contributed by atoms with van der Waals surface area (Å²) in [4.78, 5) is 24.1. The van der Waals surface area contributed by atoms with Gasteiger partial charge in [0.05, 0.1) is 11.3 Å². The van der Waals surface area contributed by atoms with Gasteiger partial charge < -0.3 is 10.6 Å². The summed E-state index contributed by atoms with van der Waals surface area (Å²) >= 11 is 5.75. The number of alkyl halides is 1. The summed E-state index contributed by atoms with van der Waals surface area (Å²) in [6, 6.07) is 14.8. The van der Waals surface area contributed by atoms with Crippen molar-refractivity contribution in [3.8, 4) is 0 Å². The van der Waals surface area contributed by atoms with Crippen molar-refractivity contribution in [3.05, 3.63) is 65.2 Å². The highest BCUT2D eigenvalue weighted by Gasteiger charge is 2.15. The minimum absolute atomic E-state index is 0.247. The number of benzene rings is 2. The van der Waals surface area contributed by atoms with Gasteiger partial charge in [-0.1, -0.05) is 42.0 Å². The number of para-hydroxylation sites is 1. The molecule has 0 aliphatic heterocycles. The molecule has 0 heterocycles. The highest BCUT2D eigenvalue weighted by molar-refractivity contribution is 6.32. The molecule has 0 radical (unpaired) electrons. The second-order valence-corrected chi connectivity index (χ2v) is 5.97. The van der Waals surface area contributed by atoms with Crippen molar-refractivity contribution < 1.29 is 9.59 Å². The van der Waals surface area contributed by atoms with Crippen LogP contribution in [0.2, 0.25) is 0 Å². The van der Waals surface area contributed by atoms with Crippen LogP contribution >= 0.6 is 11.6 Å². The van der Waals surface area contributed by atoms with Crippen molar-refractivity contribution in [2.45, 2.75) is 25.8 Å². The predicted molar refractivity (Wildman–Crippen MR) is 92.7 cm³/mol. The van der Waals surface area contributed by atoms with Gasteiger partial charge >= 0.3 is 0 Å². The Balaban J connectivity index is 2.07. The van der Waals surface area contributed by atoms with E-state index >= 15 is 0 Å². The van der Waals surface area contributed by atoms with Gasteiger partial charge in [0.25, 0.3) is 5.91 Å². The third-order valence-electron chi connectivity index (χ3n) is 3.36. The van der Waals surface area contributed by atoms with Crippen LogP contribution in [0.1, 0.15) is 28.4 Å². The maximum absolute atomic E-state index is 12.4. The van der Waals surface area contributed by atoms with E-state index in [-0.39, 0.29) is 11.8 Å². The van der Waals surface area contributed by atoms with E-state index in [4.69, 9.17) is 11.6 Å². The second-order valence-electron chi connectivity index (χ2n) is 5.32. The first-order valence-electron chi connectivity index (χ1n) is 7.35. The number of aryl methyl sites for hydroxylation is 1. The molecule has 120 valence electrons. The van der Waals surface area contributed by atoms with Crippen LogP contribution in [0.15, 0.2) is 48.5 Å². The zero-order chi connectivity index (χ0) is 16.8. The summed E-state index contributed by atoms with van der Waals surface area (Å²) < 4.78 is 0. The van der Waals surface area contributed by atoms with Crippen LogP contribution in [0.5, 0.6) is 0 Å². The van der Waals surface area contributed by atoms with Crippen LogP contribution in [0.3, 0.4) is 0 Å². The van der Waals surface area contributed by atoms with Gasteiger partial charge in [0, 0.05) is 6.54 Å². The van der Waals surface area contributed by atoms with E-state index in [2.05, 4.69) is 10.6 Å². The van der Waals surface area contributed by atoms with E-state index in [1.165, 1.54) is 5.56 Å². The summed E-state index contributed by atoms with van der Waals surface area (Å²) in [5.74, 6) is -0.589. The first-order valence-corrected chi connectivity index (χ1v) is 7.78. The van der Waals surface area contributed by atoms with Crippen LogP contribution in [-0.4, -0.2) is 17.2 Å². The Morgan fingerprint density at radius 2 is 1.74 bits per heavy atom. The quantitative estimate of drug-likeness (QED) is 0.824. The number of carbonyl (C=O) groups is 2. The maximum atomic E-state index is 12.4. The number of amides is 2. The Morgan fingerprint density at radius 3 is 2.39 bits per heavy atom. The first-order chi connectivity index (χ1) is 11.0. The first kappa shape index (κ1) is 17.0. The van der Waals surface area contributed by atoms with Crippen LogP contribution in [0, 0.1) is 6.92 Å². The van der Waals surface area contributed by atoms with E-state index < -0.39 is 5.38 Å². The summed E-state index contributed by atoms with van der Waals surface area (Å²) in [7, 11) is 0. The molecule has 0 spiro atoms. The van der Waals surface area contributed by atoms with Gasteiger partial charge in [0.2, 0.25) is 5.91 Å². The molecule has 2 aromatic rings. The number of nitrogens with one attached hydrogen (secondary N) is 2. The van der Waals surface area contributed by atoms with Crippen LogP contribution in [0.25, 0.3) is 0 Å². The summed E-state index contributed by atoms with van der Waals surface area (Å²) in [5, 5.41) is 4.85. The molecule has 0 aliphatic rings. The Kier molecular flexibility index (Phi) is 5.77. The topological polar surface area (TPSA) is 58.2 Å². The lowest BCUT2D eigenvalue weighted by atomic mass is 10.1. The maximum Gasteiger partial charge on any atom is 0.253 e. The largest absolute Gasteiger partial charge is 0.348 e. The van der Waals surface area contributed by atoms with Crippen molar-refractivity contribution in [1.29, 1.82) is 0 Å². The molecule has 4 nitrogen and oxygen atoms in total. The Bertz CT molecular complexity index is 696. The SMILES string of the molecule is Cc1ccc(CNC(=O)c2ccccc2NC(=O)[C@@H](C)Cl)cc1. The Labute approximate surface area is 140 Å². The van der Waals surface area contributed by atoms with Gasteiger partial charge in [-0.05, 0) is 31.5 Å². The third-order valence-corrected chi connectivity index (χ3v) is 3.56. The molecule has 0 saturated carbocycles. The van der Waals surface area contributed by atoms with Crippen LogP contribution in [-0.2, 0) is 11.3 Å². The number of rotatable bonds is 5. The van der Waals surface area contributed by atoms with Crippen molar-refractivity contribution in [3.63, 3.8) is 0 Å². The molecule has 0 bridgehead atoms. The number of hydrogen-bond donors (Lipinski definition) is 2. The molecule has 0 aliphatic carbocycles. The van der Waals surface area contributed by atoms with Gasteiger partial charge in [0.1, 0.15) is 5.38 Å². The highest BCUT2D eigenvalue weighted by Crippen LogP contribution is 2.16. The van der Waals surface area contributed by atoms with E-state index in [9.17, 15) is 9.59 Å². The Hall–Kier alpha value is -2.33. The molecule has 2 N–H and O–H groups in total. The van der Waals surface area contributed by atoms with Gasteiger partial charge in [-0.15, -0.1) is 11.6 Å². The molecular weight excluding hydrogens is 312 g/mol. The van der Waals surface area contributed by atoms with Crippen molar-refractivity contribution >= 4 is 29.1 Å². The van der Waals surface area contributed by atoms with Gasteiger partial charge in [-0.2, -0.15) is 0 Å². The van der Waals surface area contributed by atoms with E-state index in [1.54, 1.807) is 31.2 Å². The third kappa shape index (κ3) is 4.83. The van der Waals surface area contributed by atoms with E-state index in [1.807, 2.05) is 31.2 Å². The summed E-state index contributed by atoms with van der Waals surface area (Å²) in [6.07, 6.45) is 0. The van der Waals surface area contributed by atoms with Crippen molar-refractivity contribution in [1.82, 2.24) is 5.32 Å². The molecule has 23 heavy (non-hydrogen) atoms. The minimum atomic E-state index is -0.668. The molecule has 5 heteroatoms. The van der Waals surface area contributed by atoms with Gasteiger partial charge in [-0.3, -0.25) is 9.59 Å². The molecular formula is C18H19ClN2O2. The fourth-order valence-electron chi connectivity index (χ4n) is 2.01. The number of anilines is 1. The molecule has 2 amide bonds. The molecule has 1 atom stereocenters. The average molecular weight is 331 g/mol. The molecule has 0 aromatic heterocycles. The van der Waals surface area contributed by atoms with Crippen LogP contribution < -0.4 is 10.6 Å². The molecule has 0 fully saturated rings. The highest BCUT2D eigenvalue weighted by atomic mass is 35.5. The Morgan fingerprint density at radius 1 is 1.09 bits per heavy atom. The molecule has 2 rings (SSSR count). The molecule has 0 unspecified atom stereocenters. The van der Waals surface area contributed by atoms with E-state index in [0.29, 0.717) is 17.8 Å². The summed E-state index contributed by atoms with van der Waals surface area (Å²) in [5.41, 5.74) is 3.04. The summed E-state index contributed by atoms with van der Waals surface area (Å²) in [6.45, 7) is 4.02. The predicted octanol–water partition coefficient (Wildman–Crippen LogP) is 3.49. The average Bonchev–Trinajstić information content (AvgIpc) is 2.54. The van der Waals surface area contributed by atoms with Crippen molar-refractivity contribution in [2.75, 3.05) is 5.32 Å². The zero-order valence-electron chi connectivity index (χ0n) is 13.1.